The topological polar surface area (TPSA) is 55.8 Å². The largest absolute Gasteiger partial charge is 0.493 e. The van der Waals surface area contributed by atoms with Gasteiger partial charge < -0.3 is 9.47 Å². The first kappa shape index (κ1) is 19.0. The predicted octanol–water partition coefficient (Wildman–Crippen LogP) is 3.88. The molecule has 0 aliphatic carbocycles. The van der Waals surface area contributed by atoms with E-state index in [0.29, 0.717) is 33.4 Å². The second kappa shape index (κ2) is 7.84. The van der Waals surface area contributed by atoms with Gasteiger partial charge in [0.25, 0.3) is 11.8 Å². The Bertz CT molecular complexity index is 924. The number of methoxy groups -OCH3 is 2. The molecule has 0 saturated heterocycles. The highest BCUT2D eigenvalue weighted by atomic mass is 32.2. The van der Waals surface area contributed by atoms with E-state index in [9.17, 15) is 14.0 Å². The van der Waals surface area contributed by atoms with E-state index in [1.165, 1.54) is 50.2 Å². The van der Waals surface area contributed by atoms with Gasteiger partial charge in [0.05, 0.1) is 30.4 Å². The van der Waals surface area contributed by atoms with Crippen molar-refractivity contribution in [2.24, 2.45) is 0 Å². The highest BCUT2D eigenvalue weighted by Gasteiger charge is 2.40. The number of benzene rings is 2. The van der Waals surface area contributed by atoms with Gasteiger partial charge in [0.1, 0.15) is 5.82 Å². The third-order valence-corrected chi connectivity index (χ3v) is 5.04. The van der Waals surface area contributed by atoms with Crippen LogP contribution in [0.5, 0.6) is 11.5 Å². The average molecular weight is 387 g/mol. The molecule has 7 heteroatoms. The summed E-state index contributed by atoms with van der Waals surface area (Å²) in [6.07, 6.45) is 0. The molecule has 0 spiro atoms. The van der Waals surface area contributed by atoms with E-state index in [-0.39, 0.29) is 5.57 Å². The molecule has 0 radical (unpaired) electrons. The van der Waals surface area contributed by atoms with Crippen LogP contribution in [0, 0.1) is 5.82 Å². The third-order valence-electron chi connectivity index (χ3n) is 4.09. The van der Waals surface area contributed by atoms with Crippen molar-refractivity contribution in [3.63, 3.8) is 0 Å². The van der Waals surface area contributed by atoms with Crippen molar-refractivity contribution in [3.8, 4) is 11.5 Å². The monoisotopic (exact) mass is 387 g/mol. The van der Waals surface area contributed by atoms with Gasteiger partial charge in [0, 0.05) is 6.07 Å². The average Bonchev–Trinajstić information content (AvgIpc) is 2.92. The lowest BCUT2D eigenvalue weighted by molar-refractivity contribution is -0.119. The highest BCUT2D eigenvalue weighted by Crippen LogP contribution is 2.40. The van der Waals surface area contributed by atoms with Crippen molar-refractivity contribution in [1.29, 1.82) is 0 Å². The molecule has 1 aliphatic rings. The van der Waals surface area contributed by atoms with Crippen molar-refractivity contribution in [3.05, 3.63) is 58.8 Å². The number of hydrogen-bond donors (Lipinski definition) is 0. The summed E-state index contributed by atoms with van der Waals surface area (Å²) in [5.41, 5.74) is 1.17. The van der Waals surface area contributed by atoms with Crippen molar-refractivity contribution in [2.45, 2.75) is 6.92 Å². The number of anilines is 1. The summed E-state index contributed by atoms with van der Waals surface area (Å²) < 4.78 is 23.8. The number of carbonyl (C=O) groups excluding carboxylic acids is 2. The third kappa shape index (κ3) is 3.42. The summed E-state index contributed by atoms with van der Waals surface area (Å²) in [6, 6.07) is 10.4. The molecule has 0 fully saturated rings. The molecule has 2 aromatic rings. The molecular formula is C20H18FNO4S. The number of hydrogen-bond acceptors (Lipinski definition) is 5. The standard InChI is InChI=1S/C20H18FNO4S/c1-4-27-18-17(12-5-7-13(21)8-6-12)19(23)22(20(18)24)14-9-10-15(25-2)16(11-14)26-3/h5-11H,4H2,1-3H3. The summed E-state index contributed by atoms with van der Waals surface area (Å²) >= 11 is 1.29. The minimum atomic E-state index is -0.449. The first-order valence-corrected chi connectivity index (χ1v) is 9.24. The number of ether oxygens (including phenoxy) is 2. The number of imide groups is 1. The van der Waals surface area contributed by atoms with Crippen molar-refractivity contribution in [2.75, 3.05) is 24.9 Å². The minimum Gasteiger partial charge on any atom is -0.493 e. The number of amides is 2. The van der Waals surface area contributed by atoms with Crippen LogP contribution in [0.4, 0.5) is 10.1 Å². The van der Waals surface area contributed by atoms with Crippen LogP contribution >= 0.6 is 11.8 Å². The van der Waals surface area contributed by atoms with E-state index in [2.05, 4.69) is 0 Å². The molecule has 2 amide bonds. The molecule has 0 saturated carbocycles. The van der Waals surface area contributed by atoms with Crippen LogP contribution < -0.4 is 14.4 Å². The van der Waals surface area contributed by atoms with Crippen molar-refractivity contribution < 1.29 is 23.5 Å². The molecule has 1 aliphatic heterocycles. The van der Waals surface area contributed by atoms with Gasteiger partial charge in [-0.1, -0.05) is 19.1 Å². The van der Waals surface area contributed by atoms with Crippen molar-refractivity contribution >= 4 is 34.8 Å². The number of thioether (sulfide) groups is 1. The van der Waals surface area contributed by atoms with Gasteiger partial charge in [0.2, 0.25) is 0 Å². The summed E-state index contributed by atoms with van der Waals surface area (Å²) in [7, 11) is 2.99. The molecule has 3 rings (SSSR count). The zero-order valence-electron chi connectivity index (χ0n) is 15.1. The molecule has 0 aromatic heterocycles. The van der Waals surface area contributed by atoms with Gasteiger partial charge in [-0.25, -0.2) is 9.29 Å². The zero-order valence-corrected chi connectivity index (χ0v) is 15.9. The molecule has 2 aromatic carbocycles. The maximum absolute atomic E-state index is 13.3. The van der Waals surface area contributed by atoms with Crippen LogP contribution in [-0.2, 0) is 9.59 Å². The van der Waals surface area contributed by atoms with E-state index in [4.69, 9.17) is 9.47 Å². The van der Waals surface area contributed by atoms with E-state index in [0.717, 1.165) is 4.90 Å². The molecule has 5 nitrogen and oxygen atoms in total. The summed E-state index contributed by atoms with van der Waals surface area (Å²) in [5, 5.41) is 0. The number of carbonyl (C=O) groups is 2. The summed E-state index contributed by atoms with van der Waals surface area (Å²) in [4.78, 5) is 27.6. The van der Waals surface area contributed by atoms with Crippen molar-refractivity contribution in [1.82, 2.24) is 0 Å². The fourth-order valence-electron chi connectivity index (χ4n) is 2.86. The number of rotatable bonds is 6. The maximum atomic E-state index is 13.3. The zero-order chi connectivity index (χ0) is 19.6. The number of nitrogens with zero attached hydrogens (tertiary/aromatic N) is 1. The second-order valence-electron chi connectivity index (χ2n) is 5.63. The first-order chi connectivity index (χ1) is 13.0. The second-order valence-corrected chi connectivity index (χ2v) is 6.90. The maximum Gasteiger partial charge on any atom is 0.272 e. The first-order valence-electron chi connectivity index (χ1n) is 8.25. The van der Waals surface area contributed by atoms with Gasteiger partial charge in [-0.3, -0.25) is 9.59 Å². The molecular weight excluding hydrogens is 369 g/mol. The van der Waals surface area contributed by atoms with Gasteiger partial charge in [-0.05, 0) is 35.6 Å². The van der Waals surface area contributed by atoms with Gasteiger partial charge in [-0.15, -0.1) is 11.8 Å². The van der Waals surface area contributed by atoms with E-state index in [1.807, 2.05) is 6.92 Å². The van der Waals surface area contributed by atoms with Crippen LogP contribution in [0.25, 0.3) is 5.57 Å². The van der Waals surface area contributed by atoms with Gasteiger partial charge in [0.15, 0.2) is 11.5 Å². The van der Waals surface area contributed by atoms with Crippen LogP contribution in [-0.4, -0.2) is 31.8 Å². The van der Waals surface area contributed by atoms with E-state index < -0.39 is 17.6 Å². The quantitative estimate of drug-likeness (QED) is 0.704. The predicted molar refractivity (Wildman–Crippen MR) is 103 cm³/mol. The minimum absolute atomic E-state index is 0.279. The normalized spacial score (nSPS) is 14.1. The molecule has 0 atom stereocenters. The van der Waals surface area contributed by atoms with Crippen LogP contribution in [0.15, 0.2) is 47.4 Å². The molecule has 0 unspecified atom stereocenters. The lowest BCUT2D eigenvalue weighted by Gasteiger charge is -2.17. The fraction of sp³-hybridized carbons (Fsp3) is 0.200. The molecule has 0 N–H and O–H groups in total. The Balaban J connectivity index is 2.07. The molecule has 1 heterocycles. The van der Waals surface area contributed by atoms with Crippen LogP contribution in [0.3, 0.4) is 0 Å². The Morgan fingerprint density at radius 3 is 2.22 bits per heavy atom. The number of halogens is 1. The van der Waals surface area contributed by atoms with Crippen LogP contribution in [0.2, 0.25) is 0 Å². The Morgan fingerprint density at radius 2 is 1.63 bits per heavy atom. The SMILES string of the molecule is CCSC1=C(c2ccc(F)cc2)C(=O)N(c2ccc(OC)c(OC)c2)C1=O. The van der Waals surface area contributed by atoms with Crippen LogP contribution in [0.1, 0.15) is 12.5 Å². The lowest BCUT2D eigenvalue weighted by atomic mass is 10.1. The van der Waals surface area contributed by atoms with E-state index >= 15 is 0 Å². The summed E-state index contributed by atoms with van der Waals surface area (Å²) in [5.74, 6) is 0.273. The smallest absolute Gasteiger partial charge is 0.272 e. The molecule has 0 bridgehead atoms. The fourth-order valence-corrected chi connectivity index (χ4v) is 3.71. The highest BCUT2D eigenvalue weighted by molar-refractivity contribution is 8.04. The van der Waals surface area contributed by atoms with E-state index in [1.54, 1.807) is 18.2 Å². The Morgan fingerprint density at radius 1 is 0.963 bits per heavy atom. The Labute approximate surface area is 160 Å². The van der Waals surface area contributed by atoms with Gasteiger partial charge in [-0.2, -0.15) is 0 Å². The Hall–Kier alpha value is -2.80. The molecule has 27 heavy (non-hydrogen) atoms. The lowest BCUT2D eigenvalue weighted by Crippen LogP contribution is -2.31. The summed E-state index contributed by atoms with van der Waals surface area (Å²) in [6.45, 7) is 1.90. The Kier molecular flexibility index (Phi) is 5.51. The molecule has 140 valence electrons. The van der Waals surface area contributed by atoms with Gasteiger partial charge >= 0.3 is 0 Å².